The molecule has 1 unspecified atom stereocenters. The molecule has 34 heavy (non-hydrogen) atoms. The van der Waals surface area contributed by atoms with Crippen LogP contribution < -0.4 is 10.6 Å². The zero-order valence-electron chi connectivity index (χ0n) is 18.7. The van der Waals surface area contributed by atoms with Crippen molar-refractivity contribution in [1.29, 1.82) is 5.26 Å². The highest BCUT2D eigenvalue weighted by molar-refractivity contribution is 6.00. The summed E-state index contributed by atoms with van der Waals surface area (Å²) >= 11 is 0. The number of benzene rings is 1. The third kappa shape index (κ3) is 4.19. The third-order valence-electron chi connectivity index (χ3n) is 6.50. The molecule has 0 bridgehead atoms. The number of hydrogen-bond acceptors (Lipinski definition) is 7. The number of methoxy groups -OCH3 is 1. The number of hydrazine groups is 1. The van der Waals surface area contributed by atoms with E-state index in [0.29, 0.717) is 12.0 Å². The maximum absolute atomic E-state index is 13.5. The van der Waals surface area contributed by atoms with Gasteiger partial charge in [-0.05, 0) is 31.4 Å². The van der Waals surface area contributed by atoms with E-state index in [9.17, 15) is 29.2 Å². The van der Waals surface area contributed by atoms with E-state index in [1.165, 1.54) is 12.1 Å². The zero-order chi connectivity index (χ0) is 24.5. The monoisotopic (exact) mass is 467 g/mol. The van der Waals surface area contributed by atoms with Gasteiger partial charge in [-0.25, -0.2) is 5.01 Å². The Morgan fingerprint density at radius 3 is 2.59 bits per heavy atom. The predicted octanol–water partition coefficient (Wildman–Crippen LogP) is -0.115. The van der Waals surface area contributed by atoms with Crippen molar-refractivity contribution in [2.24, 2.45) is 5.92 Å². The Bertz CT molecular complexity index is 1070. The molecular weight excluding hydrogens is 442 g/mol. The second kappa shape index (κ2) is 9.13. The second-order valence-electron chi connectivity index (χ2n) is 8.64. The van der Waals surface area contributed by atoms with Gasteiger partial charge in [0.15, 0.2) is 0 Å². The van der Waals surface area contributed by atoms with Crippen molar-refractivity contribution in [3.8, 4) is 6.07 Å². The fourth-order valence-corrected chi connectivity index (χ4v) is 4.52. The minimum absolute atomic E-state index is 0.0306. The predicted molar refractivity (Wildman–Crippen MR) is 115 cm³/mol. The summed E-state index contributed by atoms with van der Waals surface area (Å²) in [4.78, 5) is 64.0. The lowest BCUT2D eigenvalue weighted by Crippen LogP contribution is -2.64. The van der Waals surface area contributed by atoms with E-state index in [0.717, 1.165) is 5.01 Å². The molecule has 2 saturated heterocycles. The Morgan fingerprint density at radius 2 is 1.91 bits per heavy atom. The highest BCUT2D eigenvalue weighted by Crippen LogP contribution is 2.44. The number of ether oxygens (including phenoxy) is 1. The summed E-state index contributed by atoms with van der Waals surface area (Å²) in [6.07, 6.45) is 0.994. The van der Waals surface area contributed by atoms with Crippen LogP contribution >= 0.6 is 0 Å². The van der Waals surface area contributed by atoms with Crippen LogP contribution in [0.4, 0.5) is 0 Å². The van der Waals surface area contributed by atoms with E-state index in [1.807, 2.05) is 6.07 Å². The second-order valence-corrected chi connectivity index (χ2v) is 8.64. The van der Waals surface area contributed by atoms with Gasteiger partial charge in [0.25, 0.3) is 11.8 Å². The normalized spacial score (nSPS) is 28.2. The van der Waals surface area contributed by atoms with Gasteiger partial charge in [-0.15, -0.1) is 0 Å². The fourth-order valence-electron chi connectivity index (χ4n) is 4.52. The van der Waals surface area contributed by atoms with E-state index in [-0.39, 0.29) is 38.1 Å². The van der Waals surface area contributed by atoms with Crippen LogP contribution in [0.2, 0.25) is 0 Å². The molecule has 11 nitrogen and oxygen atoms in total. The molecule has 4 rings (SSSR count). The Kier molecular flexibility index (Phi) is 6.24. The Labute approximate surface area is 196 Å². The number of hydrogen-bond donors (Lipinski definition) is 2. The molecule has 1 saturated carbocycles. The summed E-state index contributed by atoms with van der Waals surface area (Å²) < 4.78 is 4.68. The van der Waals surface area contributed by atoms with Gasteiger partial charge in [0.2, 0.25) is 11.8 Å². The molecule has 11 heteroatoms. The van der Waals surface area contributed by atoms with E-state index in [2.05, 4.69) is 15.4 Å². The van der Waals surface area contributed by atoms with Crippen molar-refractivity contribution >= 4 is 29.6 Å². The van der Waals surface area contributed by atoms with Crippen LogP contribution in [0.25, 0.3) is 0 Å². The molecular formula is C23H25N5O6. The Morgan fingerprint density at radius 1 is 1.18 bits per heavy atom. The summed E-state index contributed by atoms with van der Waals surface area (Å²) in [5.41, 5.74) is -1.03. The molecule has 2 N–H and O–H groups in total. The molecule has 0 aromatic heterocycles. The maximum Gasteiger partial charge on any atom is 0.312 e. The van der Waals surface area contributed by atoms with Gasteiger partial charge in [0.05, 0.1) is 19.1 Å². The number of nitrogens with one attached hydrogen (secondary N) is 2. The molecule has 178 valence electrons. The summed E-state index contributed by atoms with van der Waals surface area (Å²) in [5, 5.41) is 17.2. The lowest BCUT2D eigenvalue weighted by Gasteiger charge is -2.43. The average molecular weight is 467 g/mol. The highest BCUT2D eigenvalue weighted by atomic mass is 16.5. The lowest BCUT2D eigenvalue weighted by atomic mass is 10.0. The Balaban J connectivity index is 1.54. The quantitative estimate of drug-likeness (QED) is 0.574. The molecule has 1 aliphatic carbocycles. The molecule has 3 aliphatic rings. The summed E-state index contributed by atoms with van der Waals surface area (Å²) in [5.74, 6) is -3.37. The van der Waals surface area contributed by atoms with E-state index < -0.39 is 47.2 Å². The van der Waals surface area contributed by atoms with Gasteiger partial charge in [-0.1, -0.05) is 18.2 Å². The van der Waals surface area contributed by atoms with E-state index in [1.54, 1.807) is 30.3 Å². The molecule has 3 fully saturated rings. The van der Waals surface area contributed by atoms with Crippen LogP contribution in [0.15, 0.2) is 30.3 Å². The molecule has 4 amide bonds. The standard InChI is InChI=1S/C23H25N5O6/c1-34-22(33)15-12-23(15,13-24)26-20(31)17-8-5-11-27-18(29)10-9-16(21(32)28(17)27)25-19(30)14-6-3-2-4-7-14/h2-4,6-7,15-17H,5,8-12H2,1H3,(H,25,30)(H,26,31)/t15-,16-,17-,23?/m0/s1. The Hall–Kier alpha value is -3.94. The number of nitriles is 1. The molecule has 2 heterocycles. The summed E-state index contributed by atoms with van der Waals surface area (Å²) in [6, 6.07) is 8.31. The number of rotatable bonds is 5. The molecule has 0 spiro atoms. The first-order valence-corrected chi connectivity index (χ1v) is 11.1. The third-order valence-corrected chi connectivity index (χ3v) is 6.50. The smallest absolute Gasteiger partial charge is 0.312 e. The first-order valence-electron chi connectivity index (χ1n) is 11.1. The zero-order valence-corrected chi connectivity index (χ0v) is 18.7. The minimum Gasteiger partial charge on any atom is -0.469 e. The van der Waals surface area contributed by atoms with Crippen LogP contribution in [0.3, 0.4) is 0 Å². The molecule has 0 radical (unpaired) electrons. The van der Waals surface area contributed by atoms with Gasteiger partial charge in [-0.3, -0.25) is 29.0 Å². The average Bonchev–Trinajstić information content (AvgIpc) is 3.60. The number of amides is 4. The van der Waals surface area contributed by atoms with Crippen LogP contribution in [0.1, 0.15) is 42.5 Å². The van der Waals surface area contributed by atoms with E-state index in [4.69, 9.17) is 0 Å². The number of nitrogens with zero attached hydrogens (tertiary/aromatic N) is 3. The first-order chi connectivity index (χ1) is 16.3. The molecule has 1 aromatic carbocycles. The van der Waals surface area contributed by atoms with Crippen molar-refractivity contribution in [2.45, 2.75) is 49.7 Å². The number of carbonyl (C=O) groups excluding carboxylic acids is 5. The maximum atomic E-state index is 13.5. The van der Waals surface area contributed by atoms with Gasteiger partial charge in [0, 0.05) is 24.9 Å². The summed E-state index contributed by atoms with van der Waals surface area (Å²) in [7, 11) is 1.20. The largest absolute Gasteiger partial charge is 0.469 e. The van der Waals surface area contributed by atoms with Gasteiger partial charge >= 0.3 is 5.97 Å². The van der Waals surface area contributed by atoms with Crippen LogP contribution in [-0.4, -0.2) is 70.9 Å². The number of fused-ring (bicyclic) bond motifs is 1. The van der Waals surface area contributed by atoms with Gasteiger partial charge < -0.3 is 15.4 Å². The highest BCUT2D eigenvalue weighted by Gasteiger charge is 2.62. The van der Waals surface area contributed by atoms with Crippen molar-refractivity contribution in [2.75, 3.05) is 13.7 Å². The van der Waals surface area contributed by atoms with Gasteiger partial charge in [0.1, 0.15) is 17.6 Å². The number of esters is 1. The van der Waals surface area contributed by atoms with Crippen LogP contribution in [0.5, 0.6) is 0 Å². The first kappa shape index (κ1) is 23.2. The van der Waals surface area contributed by atoms with Gasteiger partial charge in [-0.2, -0.15) is 5.26 Å². The summed E-state index contributed by atoms with van der Waals surface area (Å²) in [6.45, 7) is 0.266. The van der Waals surface area contributed by atoms with Crippen LogP contribution in [-0.2, 0) is 23.9 Å². The molecule has 4 atom stereocenters. The molecule has 2 aliphatic heterocycles. The van der Waals surface area contributed by atoms with E-state index >= 15 is 0 Å². The van der Waals surface area contributed by atoms with Crippen molar-refractivity contribution < 1.29 is 28.7 Å². The fraction of sp³-hybridized carbons (Fsp3) is 0.478. The van der Waals surface area contributed by atoms with Crippen molar-refractivity contribution in [3.63, 3.8) is 0 Å². The topological polar surface area (TPSA) is 149 Å². The number of carbonyl (C=O) groups is 5. The van der Waals surface area contributed by atoms with Crippen molar-refractivity contribution in [1.82, 2.24) is 20.7 Å². The van der Waals surface area contributed by atoms with Crippen LogP contribution in [0, 0.1) is 17.2 Å². The minimum atomic E-state index is -1.40. The molecule has 1 aromatic rings. The SMILES string of the molecule is COC(=O)[C@@H]1CC1(C#N)NC(=O)[C@@H]1CCCN2C(=O)CC[C@H](NC(=O)c3ccccc3)C(=O)N12. The van der Waals surface area contributed by atoms with Crippen molar-refractivity contribution in [3.05, 3.63) is 35.9 Å². The lowest BCUT2D eigenvalue weighted by molar-refractivity contribution is -0.176.